The third kappa shape index (κ3) is 1.63. The molecular weight excluding hydrogens is 208 g/mol. The Morgan fingerprint density at radius 1 is 1.40 bits per heavy atom. The largest absolute Gasteiger partial charge is 0.497 e. The van der Waals surface area contributed by atoms with Crippen molar-refractivity contribution >= 4 is 27.2 Å². The Labute approximate surface area is 92.5 Å². The molecule has 0 bridgehead atoms. The molecule has 2 nitrogen and oxygen atoms in total. The molecule has 0 unspecified atom stereocenters. The highest BCUT2D eigenvalue weighted by Gasteiger charge is 2.12. The molecule has 0 fully saturated rings. The summed E-state index contributed by atoms with van der Waals surface area (Å²) in [4.78, 5) is 12.2. The van der Waals surface area contributed by atoms with E-state index >= 15 is 0 Å². The van der Waals surface area contributed by atoms with Gasteiger partial charge in [0.25, 0.3) is 0 Å². The lowest BCUT2D eigenvalue weighted by molar-refractivity contribution is 0.102. The van der Waals surface area contributed by atoms with Crippen LogP contribution in [0, 0.1) is 6.92 Å². The van der Waals surface area contributed by atoms with Gasteiger partial charge in [-0.1, -0.05) is 0 Å². The van der Waals surface area contributed by atoms with Gasteiger partial charge >= 0.3 is 0 Å². The Hall–Kier alpha value is -1.35. The van der Waals surface area contributed by atoms with Gasteiger partial charge in [0.15, 0.2) is 5.78 Å². The number of fused-ring (bicyclic) bond motifs is 1. The smallest absolute Gasteiger partial charge is 0.170 e. The molecule has 0 saturated heterocycles. The highest BCUT2D eigenvalue weighted by Crippen LogP contribution is 2.33. The number of carbonyl (C=O) groups is 1. The second-order valence-corrected chi connectivity index (χ2v) is 4.53. The van der Waals surface area contributed by atoms with Gasteiger partial charge in [-0.05, 0) is 43.0 Å². The number of Topliss-reactive ketones (excluding diaryl/α,β-unsaturated/α-hetero) is 1. The van der Waals surface area contributed by atoms with Crippen LogP contribution in [0.25, 0.3) is 10.1 Å². The van der Waals surface area contributed by atoms with Crippen molar-refractivity contribution in [3.05, 3.63) is 28.6 Å². The minimum atomic E-state index is 0.132. The first-order valence-electron chi connectivity index (χ1n) is 4.71. The van der Waals surface area contributed by atoms with Crippen LogP contribution in [-0.4, -0.2) is 12.9 Å². The molecule has 2 aromatic rings. The van der Waals surface area contributed by atoms with Crippen molar-refractivity contribution in [1.82, 2.24) is 0 Å². The zero-order valence-electron chi connectivity index (χ0n) is 8.96. The summed E-state index contributed by atoms with van der Waals surface area (Å²) >= 11 is 1.55. The number of hydrogen-bond acceptors (Lipinski definition) is 3. The maximum Gasteiger partial charge on any atom is 0.170 e. The van der Waals surface area contributed by atoms with Crippen LogP contribution >= 0.6 is 11.3 Å². The zero-order valence-corrected chi connectivity index (χ0v) is 9.77. The van der Waals surface area contributed by atoms with E-state index in [0.717, 1.165) is 26.3 Å². The molecule has 0 spiro atoms. The van der Waals surface area contributed by atoms with E-state index in [1.807, 2.05) is 25.1 Å². The number of carbonyl (C=O) groups excluding carboxylic acids is 1. The summed E-state index contributed by atoms with van der Waals surface area (Å²) in [5.41, 5.74) is 1.06. The number of ether oxygens (including phenoxy) is 1. The quantitative estimate of drug-likeness (QED) is 0.725. The molecule has 0 aliphatic heterocycles. The van der Waals surface area contributed by atoms with E-state index in [9.17, 15) is 4.79 Å². The lowest BCUT2D eigenvalue weighted by atomic mass is 10.1. The van der Waals surface area contributed by atoms with Gasteiger partial charge in [0, 0.05) is 4.70 Å². The number of benzene rings is 1. The number of aryl methyl sites for hydroxylation is 1. The highest BCUT2D eigenvalue weighted by molar-refractivity contribution is 7.21. The number of hydrogen-bond donors (Lipinski definition) is 0. The van der Waals surface area contributed by atoms with Crippen molar-refractivity contribution in [3.63, 3.8) is 0 Å². The van der Waals surface area contributed by atoms with Crippen LogP contribution in [0.1, 0.15) is 22.2 Å². The zero-order chi connectivity index (χ0) is 11.0. The number of rotatable bonds is 2. The second-order valence-electron chi connectivity index (χ2n) is 3.47. The lowest BCUT2D eigenvalue weighted by Crippen LogP contribution is -1.89. The molecule has 0 radical (unpaired) electrons. The maximum absolute atomic E-state index is 11.4. The maximum atomic E-state index is 11.4. The molecule has 15 heavy (non-hydrogen) atoms. The van der Waals surface area contributed by atoms with E-state index < -0.39 is 0 Å². The molecule has 0 atom stereocenters. The van der Waals surface area contributed by atoms with Crippen molar-refractivity contribution in [2.75, 3.05) is 7.11 Å². The van der Waals surface area contributed by atoms with Crippen molar-refractivity contribution < 1.29 is 9.53 Å². The van der Waals surface area contributed by atoms with Gasteiger partial charge in [-0.15, -0.1) is 11.3 Å². The fourth-order valence-corrected chi connectivity index (χ4v) is 2.75. The van der Waals surface area contributed by atoms with Crippen molar-refractivity contribution in [3.8, 4) is 5.75 Å². The fraction of sp³-hybridized carbons (Fsp3) is 0.250. The first-order chi connectivity index (χ1) is 7.13. The molecular formula is C12H12O2S. The van der Waals surface area contributed by atoms with Crippen LogP contribution in [0.3, 0.4) is 0 Å². The number of thiophene rings is 1. The standard InChI is InChI=1S/C12H12O2S/c1-7-10-6-9(14-3)4-5-11(10)15-12(7)8(2)13/h4-6H,1-3H3. The van der Waals surface area contributed by atoms with E-state index in [0.29, 0.717) is 0 Å². The Kier molecular flexibility index (Phi) is 2.49. The van der Waals surface area contributed by atoms with Crippen LogP contribution in [-0.2, 0) is 0 Å². The Morgan fingerprint density at radius 2 is 2.13 bits per heavy atom. The summed E-state index contributed by atoms with van der Waals surface area (Å²) < 4.78 is 6.30. The van der Waals surface area contributed by atoms with Crippen LogP contribution in [0.15, 0.2) is 18.2 Å². The third-order valence-electron chi connectivity index (χ3n) is 2.46. The summed E-state index contributed by atoms with van der Waals surface area (Å²) in [6, 6.07) is 5.90. The van der Waals surface area contributed by atoms with Gasteiger partial charge in [0.1, 0.15) is 5.75 Å². The van der Waals surface area contributed by atoms with Gasteiger partial charge < -0.3 is 4.74 Å². The average Bonchev–Trinajstić information content (AvgIpc) is 2.56. The average molecular weight is 220 g/mol. The van der Waals surface area contributed by atoms with Gasteiger partial charge in [0.05, 0.1) is 12.0 Å². The van der Waals surface area contributed by atoms with Crippen molar-refractivity contribution in [2.24, 2.45) is 0 Å². The van der Waals surface area contributed by atoms with Gasteiger partial charge in [0.2, 0.25) is 0 Å². The monoisotopic (exact) mass is 220 g/mol. The van der Waals surface area contributed by atoms with Crippen molar-refractivity contribution in [1.29, 1.82) is 0 Å². The van der Waals surface area contributed by atoms with Crippen molar-refractivity contribution in [2.45, 2.75) is 13.8 Å². The van der Waals surface area contributed by atoms with Crippen LogP contribution < -0.4 is 4.74 Å². The first-order valence-corrected chi connectivity index (χ1v) is 5.53. The van der Waals surface area contributed by atoms with E-state index in [4.69, 9.17) is 4.74 Å². The minimum absolute atomic E-state index is 0.132. The fourth-order valence-electron chi connectivity index (χ4n) is 1.66. The molecule has 1 aromatic carbocycles. The van der Waals surface area contributed by atoms with Gasteiger partial charge in [-0.3, -0.25) is 4.79 Å². The van der Waals surface area contributed by atoms with E-state index in [1.54, 1.807) is 25.4 Å². The third-order valence-corrected chi connectivity index (χ3v) is 3.84. The van der Waals surface area contributed by atoms with E-state index in [-0.39, 0.29) is 5.78 Å². The minimum Gasteiger partial charge on any atom is -0.497 e. The summed E-state index contributed by atoms with van der Waals surface area (Å²) in [6.07, 6.45) is 0. The highest BCUT2D eigenvalue weighted by atomic mass is 32.1. The predicted molar refractivity (Wildman–Crippen MR) is 63.1 cm³/mol. The van der Waals surface area contributed by atoms with Crippen LogP contribution in [0.5, 0.6) is 5.75 Å². The Balaban J connectivity index is 2.72. The first kappa shape index (κ1) is 10.2. The molecule has 0 aliphatic rings. The molecule has 78 valence electrons. The molecule has 1 aromatic heterocycles. The van der Waals surface area contributed by atoms with Gasteiger partial charge in [-0.25, -0.2) is 0 Å². The van der Waals surface area contributed by atoms with Crippen LogP contribution in [0.2, 0.25) is 0 Å². The van der Waals surface area contributed by atoms with E-state index in [1.165, 1.54) is 0 Å². The Morgan fingerprint density at radius 3 is 2.73 bits per heavy atom. The predicted octanol–water partition coefficient (Wildman–Crippen LogP) is 3.42. The lowest BCUT2D eigenvalue weighted by Gasteiger charge is -1.99. The SMILES string of the molecule is COc1ccc2sc(C(C)=O)c(C)c2c1. The molecule has 1 heterocycles. The second kappa shape index (κ2) is 3.66. The molecule has 0 saturated carbocycles. The molecule has 2 rings (SSSR count). The molecule has 0 N–H and O–H groups in total. The Bertz CT molecular complexity index is 526. The summed E-state index contributed by atoms with van der Waals surface area (Å²) in [6.45, 7) is 3.59. The topological polar surface area (TPSA) is 26.3 Å². The number of ketones is 1. The molecule has 3 heteroatoms. The normalized spacial score (nSPS) is 10.6. The van der Waals surface area contributed by atoms with Crippen LogP contribution in [0.4, 0.5) is 0 Å². The summed E-state index contributed by atoms with van der Waals surface area (Å²) in [7, 11) is 1.65. The summed E-state index contributed by atoms with van der Waals surface area (Å²) in [5.74, 6) is 0.964. The molecule has 0 aliphatic carbocycles. The summed E-state index contributed by atoms with van der Waals surface area (Å²) in [5, 5.41) is 1.12. The van der Waals surface area contributed by atoms with Gasteiger partial charge in [-0.2, -0.15) is 0 Å². The number of methoxy groups -OCH3 is 1. The van der Waals surface area contributed by atoms with E-state index in [2.05, 4.69) is 0 Å². The molecule has 0 amide bonds.